The minimum Gasteiger partial charge on any atom is -0.335 e. The van der Waals surface area contributed by atoms with Crippen molar-refractivity contribution in [3.8, 4) is 0 Å². The summed E-state index contributed by atoms with van der Waals surface area (Å²) >= 11 is 1.71. The van der Waals surface area contributed by atoms with Gasteiger partial charge in [0.05, 0.1) is 6.04 Å². The van der Waals surface area contributed by atoms with Gasteiger partial charge in [-0.05, 0) is 61.4 Å². The minimum absolute atomic E-state index is 0.0145. The first-order chi connectivity index (χ1) is 13.8. The molecule has 1 atom stereocenters. The van der Waals surface area contributed by atoms with Crippen LogP contribution in [-0.4, -0.2) is 43.2 Å². The third-order valence-electron chi connectivity index (χ3n) is 5.87. The van der Waals surface area contributed by atoms with Gasteiger partial charge in [-0.25, -0.2) is 17.2 Å². The van der Waals surface area contributed by atoms with Gasteiger partial charge in [0.15, 0.2) is 0 Å². The molecule has 4 rings (SSSR count). The number of hydrogen-bond acceptors (Lipinski definition) is 4. The number of benzene rings is 1. The summed E-state index contributed by atoms with van der Waals surface area (Å²) in [5.74, 6) is -2.00. The van der Waals surface area contributed by atoms with E-state index in [2.05, 4.69) is 6.07 Å². The molecule has 0 N–H and O–H groups in total. The molecule has 2 aliphatic rings. The van der Waals surface area contributed by atoms with Crippen LogP contribution in [0.3, 0.4) is 0 Å². The number of piperidine rings is 1. The maximum Gasteiger partial charge on any atom is 0.246 e. The Morgan fingerprint density at radius 1 is 1.14 bits per heavy atom. The lowest BCUT2D eigenvalue weighted by molar-refractivity contribution is -0.139. The molecule has 5 nitrogen and oxygen atoms in total. The van der Waals surface area contributed by atoms with Crippen LogP contribution in [0.25, 0.3) is 0 Å². The molecule has 29 heavy (non-hydrogen) atoms. The lowest BCUT2D eigenvalue weighted by Crippen LogP contribution is -2.46. The van der Waals surface area contributed by atoms with Crippen LogP contribution in [-0.2, 0) is 21.2 Å². The largest absolute Gasteiger partial charge is 0.335 e. The predicted molar refractivity (Wildman–Crippen MR) is 106 cm³/mol. The van der Waals surface area contributed by atoms with Crippen molar-refractivity contribution in [3.63, 3.8) is 0 Å². The number of hydrogen-bond donors (Lipinski definition) is 0. The van der Waals surface area contributed by atoms with E-state index in [1.807, 2.05) is 17.2 Å². The maximum absolute atomic E-state index is 14.0. The third kappa shape index (κ3) is 3.71. The number of rotatable bonds is 3. The van der Waals surface area contributed by atoms with E-state index in [-0.39, 0.29) is 31.0 Å². The van der Waals surface area contributed by atoms with Gasteiger partial charge >= 0.3 is 0 Å². The molecule has 2 aliphatic heterocycles. The Morgan fingerprint density at radius 2 is 1.86 bits per heavy atom. The topological polar surface area (TPSA) is 57.7 Å². The fourth-order valence-electron chi connectivity index (χ4n) is 4.20. The number of sulfonamides is 1. The average molecular weight is 441 g/mol. The SMILES string of the molecule is CC1c2ccsc2CCN1C(=O)C1CCN(S(=O)(=O)c2cc(F)ccc2F)CC1. The number of halogens is 2. The first-order valence-electron chi connectivity index (χ1n) is 9.61. The second-order valence-electron chi connectivity index (χ2n) is 7.51. The van der Waals surface area contributed by atoms with Crippen molar-refractivity contribution >= 4 is 27.3 Å². The Balaban J connectivity index is 1.44. The van der Waals surface area contributed by atoms with Gasteiger partial charge in [-0.3, -0.25) is 4.79 Å². The fourth-order valence-corrected chi connectivity index (χ4v) is 6.71. The molecule has 1 aromatic carbocycles. The molecule has 0 aliphatic carbocycles. The van der Waals surface area contributed by atoms with Gasteiger partial charge in [-0.2, -0.15) is 4.31 Å². The van der Waals surface area contributed by atoms with E-state index in [1.54, 1.807) is 11.3 Å². The molecule has 9 heteroatoms. The number of nitrogens with zero attached hydrogens (tertiary/aromatic N) is 2. The van der Waals surface area contributed by atoms with Gasteiger partial charge in [0.2, 0.25) is 15.9 Å². The van der Waals surface area contributed by atoms with Crippen molar-refractivity contribution in [1.82, 2.24) is 9.21 Å². The smallest absolute Gasteiger partial charge is 0.246 e. The number of thiophene rings is 1. The van der Waals surface area contributed by atoms with Crippen LogP contribution >= 0.6 is 11.3 Å². The van der Waals surface area contributed by atoms with E-state index in [9.17, 15) is 22.0 Å². The van der Waals surface area contributed by atoms with Gasteiger partial charge in [0.25, 0.3) is 0 Å². The minimum atomic E-state index is -4.14. The van der Waals surface area contributed by atoms with E-state index >= 15 is 0 Å². The molecular weight excluding hydrogens is 418 g/mol. The Hall–Kier alpha value is -1.84. The van der Waals surface area contributed by atoms with Crippen molar-refractivity contribution in [1.29, 1.82) is 0 Å². The van der Waals surface area contributed by atoms with Crippen LogP contribution in [0, 0.1) is 17.6 Å². The highest BCUT2D eigenvalue weighted by molar-refractivity contribution is 7.89. The van der Waals surface area contributed by atoms with E-state index in [4.69, 9.17) is 0 Å². The van der Waals surface area contributed by atoms with Crippen LogP contribution in [0.5, 0.6) is 0 Å². The molecule has 1 fully saturated rings. The van der Waals surface area contributed by atoms with E-state index in [1.165, 1.54) is 10.4 Å². The highest BCUT2D eigenvalue weighted by atomic mass is 32.2. The zero-order valence-electron chi connectivity index (χ0n) is 16.0. The summed E-state index contributed by atoms with van der Waals surface area (Å²) in [6.45, 7) is 2.91. The van der Waals surface area contributed by atoms with Gasteiger partial charge in [0, 0.05) is 30.4 Å². The fraction of sp³-hybridized carbons (Fsp3) is 0.450. The molecular formula is C20H22F2N2O3S2. The molecule has 0 radical (unpaired) electrons. The summed E-state index contributed by atoms with van der Waals surface area (Å²) in [5, 5.41) is 2.05. The molecule has 1 unspecified atom stereocenters. The number of amides is 1. The van der Waals surface area contributed by atoms with Crippen LogP contribution < -0.4 is 0 Å². The molecule has 0 bridgehead atoms. The van der Waals surface area contributed by atoms with Crippen LogP contribution in [0.2, 0.25) is 0 Å². The predicted octanol–water partition coefficient (Wildman–Crippen LogP) is 3.57. The summed E-state index contributed by atoms with van der Waals surface area (Å²) in [7, 11) is -4.14. The summed E-state index contributed by atoms with van der Waals surface area (Å²) in [6, 6.07) is 4.48. The molecule has 1 amide bonds. The summed E-state index contributed by atoms with van der Waals surface area (Å²) in [4.78, 5) is 15.6. The summed E-state index contributed by atoms with van der Waals surface area (Å²) in [5.41, 5.74) is 1.19. The van der Waals surface area contributed by atoms with Crippen LogP contribution in [0.1, 0.15) is 36.2 Å². The number of fused-ring (bicyclic) bond motifs is 1. The second-order valence-corrected chi connectivity index (χ2v) is 10.4. The summed E-state index contributed by atoms with van der Waals surface area (Å²) < 4.78 is 54.0. The Labute approximate surface area is 173 Å². The van der Waals surface area contributed by atoms with Crippen molar-refractivity contribution in [2.45, 2.75) is 37.1 Å². The Kier molecular flexibility index (Phi) is 5.48. The van der Waals surface area contributed by atoms with Crippen molar-refractivity contribution in [3.05, 3.63) is 51.7 Å². The molecule has 1 saturated heterocycles. The van der Waals surface area contributed by atoms with E-state index in [0.29, 0.717) is 25.5 Å². The maximum atomic E-state index is 14.0. The number of carbonyl (C=O) groups is 1. The molecule has 3 heterocycles. The third-order valence-corrected chi connectivity index (χ3v) is 8.78. The lowest BCUT2D eigenvalue weighted by atomic mass is 9.93. The molecule has 1 aromatic heterocycles. The number of carbonyl (C=O) groups excluding carboxylic acids is 1. The lowest BCUT2D eigenvalue weighted by Gasteiger charge is -2.38. The second kappa shape index (κ2) is 7.77. The van der Waals surface area contributed by atoms with Gasteiger partial charge in [-0.1, -0.05) is 0 Å². The molecule has 0 saturated carbocycles. The van der Waals surface area contributed by atoms with Crippen LogP contribution in [0.15, 0.2) is 34.5 Å². The van der Waals surface area contributed by atoms with Crippen molar-refractivity contribution in [2.75, 3.05) is 19.6 Å². The first kappa shape index (κ1) is 20.4. The normalized spacial score (nSPS) is 21.2. The van der Waals surface area contributed by atoms with Gasteiger partial charge < -0.3 is 4.90 Å². The van der Waals surface area contributed by atoms with Gasteiger partial charge in [0.1, 0.15) is 16.5 Å². The van der Waals surface area contributed by atoms with Gasteiger partial charge in [-0.15, -0.1) is 11.3 Å². The first-order valence-corrected chi connectivity index (χ1v) is 11.9. The zero-order valence-corrected chi connectivity index (χ0v) is 17.6. The quantitative estimate of drug-likeness (QED) is 0.733. The highest BCUT2D eigenvalue weighted by Crippen LogP contribution is 2.35. The van der Waals surface area contributed by atoms with Crippen molar-refractivity contribution in [2.24, 2.45) is 5.92 Å². The monoisotopic (exact) mass is 440 g/mol. The molecule has 156 valence electrons. The highest BCUT2D eigenvalue weighted by Gasteiger charge is 2.37. The van der Waals surface area contributed by atoms with E-state index < -0.39 is 26.6 Å². The average Bonchev–Trinajstić information content (AvgIpc) is 3.19. The Morgan fingerprint density at radius 3 is 2.59 bits per heavy atom. The Bertz CT molecular complexity index is 1030. The standard InChI is InChI=1S/C20H22F2N2O3S2/c1-13-16-7-11-28-18(16)6-10-24(13)20(25)14-4-8-23(9-5-14)29(26,27)19-12-15(21)2-3-17(19)22/h2-3,7,11-14H,4-6,8-10H2,1H3. The van der Waals surface area contributed by atoms with Crippen molar-refractivity contribution < 1.29 is 22.0 Å². The van der Waals surface area contributed by atoms with E-state index in [0.717, 1.165) is 22.9 Å². The summed E-state index contributed by atoms with van der Waals surface area (Å²) in [6.07, 6.45) is 1.58. The molecule has 0 spiro atoms. The van der Waals surface area contributed by atoms with Crippen LogP contribution in [0.4, 0.5) is 8.78 Å². The zero-order chi connectivity index (χ0) is 20.8. The molecule has 2 aromatic rings.